The van der Waals surface area contributed by atoms with Crippen molar-refractivity contribution < 1.29 is 9.53 Å². The zero-order chi connectivity index (χ0) is 10.5. The molecular formula is C12H15NO2. The molecule has 0 spiro atoms. The predicted molar refractivity (Wildman–Crippen MR) is 57.3 cm³/mol. The van der Waals surface area contributed by atoms with Crippen LogP contribution in [0.4, 0.5) is 0 Å². The van der Waals surface area contributed by atoms with Crippen LogP contribution in [0.3, 0.4) is 0 Å². The summed E-state index contributed by atoms with van der Waals surface area (Å²) in [6.07, 6.45) is 1.57. The van der Waals surface area contributed by atoms with Crippen LogP contribution in [-0.2, 0) is 16.1 Å². The molecular weight excluding hydrogens is 190 g/mol. The number of amides is 1. The summed E-state index contributed by atoms with van der Waals surface area (Å²) >= 11 is 0. The Balaban J connectivity index is 1.85. The molecule has 1 atom stereocenters. The molecule has 0 aromatic heterocycles. The first-order chi connectivity index (χ1) is 7.36. The van der Waals surface area contributed by atoms with Crippen LogP contribution in [0, 0.1) is 0 Å². The van der Waals surface area contributed by atoms with Crippen molar-refractivity contribution in [1.82, 2.24) is 5.32 Å². The van der Waals surface area contributed by atoms with Gasteiger partial charge in [0.15, 0.2) is 0 Å². The van der Waals surface area contributed by atoms with E-state index in [4.69, 9.17) is 4.74 Å². The fourth-order valence-electron chi connectivity index (χ4n) is 1.67. The molecule has 1 fully saturated rings. The molecule has 2 rings (SSSR count). The van der Waals surface area contributed by atoms with Gasteiger partial charge < -0.3 is 10.1 Å². The summed E-state index contributed by atoms with van der Waals surface area (Å²) in [5, 5.41) is 2.80. The Bertz CT molecular complexity index is 324. The minimum absolute atomic E-state index is 0.0252. The van der Waals surface area contributed by atoms with E-state index in [1.54, 1.807) is 0 Å². The Morgan fingerprint density at radius 2 is 2.13 bits per heavy atom. The van der Waals surface area contributed by atoms with Gasteiger partial charge in [0, 0.05) is 6.54 Å². The van der Waals surface area contributed by atoms with Crippen LogP contribution in [0.15, 0.2) is 30.3 Å². The minimum Gasteiger partial charge on any atom is -0.364 e. The van der Waals surface area contributed by atoms with Gasteiger partial charge in [0.05, 0.1) is 6.61 Å². The third-order valence-electron chi connectivity index (χ3n) is 2.53. The fraction of sp³-hybridized carbons (Fsp3) is 0.417. The Hall–Kier alpha value is -1.35. The van der Waals surface area contributed by atoms with Crippen molar-refractivity contribution in [3.05, 3.63) is 35.9 Å². The Labute approximate surface area is 89.4 Å². The summed E-state index contributed by atoms with van der Waals surface area (Å²) in [5.41, 5.74) is 1.11. The Kier molecular flexibility index (Phi) is 3.35. The molecule has 1 aromatic carbocycles. The molecule has 1 heterocycles. The SMILES string of the molecule is O=C1NCCCC1OCc1ccccc1. The molecule has 80 valence electrons. The molecule has 0 aliphatic carbocycles. The van der Waals surface area contributed by atoms with E-state index in [2.05, 4.69) is 5.32 Å². The van der Waals surface area contributed by atoms with Crippen LogP contribution in [0.1, 0.15) is 18.4 Å². The van der Waals surface area contributed by atoms with Gasteiger partial charge in [-0.2, -0.15) is 0 Å². The summed E-state index contributed by atoms with van der Waals surface area (Å²) < 4.78 is 5.57. The predicted octanol–water partition coefficient (Wildman–Crippen LogP) is 1.48. The monoisotopic (exact) mass is 205 g/mol. The molecule has 0 bridgehead atoms. The number of rotatable bonds is 3. The summed E-state index contributed by atoms with van der Waals surface area (Å²) in [4.78, 5) is 11.4. The van der Waals surface area contributed by atoms with Crippen LogP contribution >= 0.6 is 0 Å². The Morgan fingerprint density at radius 3 is 2.87 bits per heavy atom. The summed E-state index contributed by atoms with van der Waals surface area (Å²) in [6, 6.07) is 9.91. The van der Waals surface area contributed by atoms with Gasteiger partial charge in [0.25, 0.3) is 0 Å². The molecule has 3 heteroatoms. The number of benzene rings is 1. The van der Waals surface area contributed by atoms with Gasteiger partial charge in [-0.25, -0.2) is 0 Å². The molecule has 1 aliphatic heterocycles. The molecule has 0 saturated carbocycles. The van der Waals surface area contributed by atoms with E-state index in [0.717, 1.165) is 24.9 Å². The highest BCUT2D eigenvalue weighted by atomic mass is 16.5. The van der Waals surface area contributed by atoms with Gasteiger partial charge in [0.2, 0.25) is 5.91 Å². The van der Waals surface area contributed by atoms with Gasteiger partial charge >= 0.3 is 0 Å². The maximum Gasteiger partial charge on any atom is 0.249 e. The van der Waals surface area contributed by atoms with E-state index in [-0.39, 0.29) is 12.0 Å². The maximum absolute atomic E-state index is 11.4. The highest BCUT2D eigenvalue weighted by Crippen LogP contribution is 2.10. The number of ether oxygens (including phenoxy) is 1. The van der Waals surface area contributed by atoms with Crippen LogP contribution in [0.5, 0.6) is 0 Å². The molecule has 15 heavy (non-hydrogen) atoms. The second-order valence-electron chi connectivity index (χ2n) is 3.72. The molecule has 0 radical (unpaired) electrons. The normalized spacial score (nSPS) is 21.1. The third-order valence-corrected chi connectivity index (χ3v) is 2.53. The van der Waals surface area contributed by atoms with Crippen molar-refractivity contribution in [3.8, 4) is 0 Å². The molecule has 1 N–H and O–H groups in total. The lowest BCUT2D eigenvalue weighted by atomic mass is 10.1. The second kappa shape index (κ2) is 4.94. The maximum atomic E-state index is 11.4. The lowest BCUT2D eigenvalue weighted by Gasteiger charge is -2.21. The number of carbonyl (C=O) groups is 1. The molecule has 1 aliphatic rings. The van der Waals surface area contributed by atoms with Gasteiger partial charge in [-0.15, -0.1) is 0 Å². The zero-order valence-electron chi connectivity index (χ0n) is 8.61. The van der Waals surface area contributed by atoms with Crippen molar-refractivity contribution in [2.24, 2.45) is 0 Å². The number of carbonyl (C=O) groups excluding carboxylic acids is 1. The Morgan fingerprint density at radius 1 is 1.33 bits per heavy atom. The standard InChI is InChI=1S/C12H15NO2/c14-12-11(7-4-8-13-12)15-9-10-5-2-1-3-6-10/h1-3,5-6,11H,4,7-9H2,(H,13,14). The summed E-state index contributed by atoms with van der Waals surface area (Å²) in [7, 11) is 0. The van der Waals surface area contributed by atoms with Crippen molar-refractivity contribution in [2.75, 3.05) is 6.54 Å². The van der Waals surface area contributed by atoms with E-state index >= 15 is 0 Å². The van der Waals surface area contributed by atoms with Crippen LogP contribution in [0.2, 0.25) is 0 Å². The lowest BCUT2D eigenvalue weighted by molar-refractivity contribution is -0.136. The highest BCUT2D eigenvalue weighted by Gasteiger charge is 2.22. The van der Waals surface area contributed by atoms with Gasteiger partial charge in [-0.05, 0) is 18.4 Å². The molecule has 1 unspecified atom stereocenters. The number of piperidine rings is 1. The van der Waals surface area contributed by atoms with Crippen LogP contribution < -0.4 is 5.32 Å². The molecule has 1 amide bonds. The topological polar surface area (TPSA) is 38.3 Å². The quantitative estimate of drug-likeness (QED) is 0.811. The van der Waals surface area contributed by atoms with E-state index < -0.39 is 0 Å². The van der Waals surface area contributed by atoms with Gasteiger partial charge in [0.1, 0.15) is 6.10 Å². The van der Waals surface area contributed by atoms with Crippen molar-refractivity contribution in [3.63, 3.8) is 0 Å². The molecule has 3 nitrogen and oxygen atoms in total. The first-order valence-electron chi connectivity index (χ1n) is 5.29. The van der Waals surface area contributed by atoms with Crippen LogP contribution in [-0.4, -0.2) is 18.6 Å². The minimum atomic E-state index is -0.265. The van der Waals surface area contributed by atoms with Gasteiger partial charge in [-0.1, -0.05) is 30.3 Å². The van der Waals surface area contributed by atoms with Crippen LogP contribution in [0.25, 0.3) is 0 Å². The molecule has 1 aromatic rings. The van der Waals surface area contributed by atoms with E-state index in [1.165, 1.54) is 0 Å². The third kappa shape index (κ3) is 2.80. The second-order valence-corrected chi connectivity index (χ2v) is 3.72. The summed E-state index contributed by atoms with van der Waals surface area (Å²) in [6.45, 7) is 1.29. The number of hydrogen-bond acceptors (Lipinski definition) is 2. The lowest BCUT2D eigenvalue weighted by Crippen LogP contribution is -2.41. The van der Waals surface area contributed by atoms with E-state index in [1.807, 2.05) is 30.3 Å². The molecule has 1 saturated heterocycles. The van der Waals surface area contributed by atoms with E-state index in [9.17, 15) is 4.79 Å². The van der Waals surface area contributed by atoms with Crippen molar-refractivity contribution >= 4 is 5.91 Å². The average molecular weight is 205 g/mol. The average Bonchev–Trinajstić information content (AvgIpc) is 2.29. The van der Waals surface area contributed by atoms with Crippen molar-refractivity contribution in [1.29, 1.82) is 0 Å². The number of hydrogen-bond donors (Lipinski definition) is 1. The summed E-state index contributed by atoms with van der Waals surface area (Å²) in [5.74, 6) is 0.0252. The largest absolute Gasteiger partial charge is 0.364 e. The highest BCUT2D eigenvalue weighted by molar-refractivity contribution is 5.81. The van der Waals surface area contributed by atoms with E-state index in [0.29, 0.717) is 6.61 Å². The first-order valence-corrected chi connectivity index (χ1v) is 5.29. The number of nitrogens with one attached hydrogen (secondary N) is 1. The smallest absolute Gasteiger partial charge is 0.249 e. The zero-order valence-corrected chi connectivity index (χ0v) is 8.61. The fourth-order valence-corrected chi connectivity index (χ4v) is 1.67. The first kappa shape index (κ1) is 10.2. The van der Waals surface area contributed by atoms with Gasteiger partial charge in [-0.3, -0.25) is 4.79 Å². The van der Waals surface area contributed by atoms with Crippen molar-refractivity contribution in [2.45, 2.75) is 25.6 Å².